The molecule has 0 aromatic heterocycles. The second-order valence-corrected chi connectivity index (χ2v) is 5.68. The van der Waals surface area contributed by atoms with Crippen LogP contribution in [0.25, 0.3) is 0 Å². The van der Waals surface area contributed by atoms with E-state index in [0.29, 0.717) is 25.6 Å². The molecular weight excluding hydrogens is 244 g/mol. The van der Waals surface area contributed by atoms with E-state index in [4.69, 9.17) is 5.73 Å². The summed E-state index contributed by atoms with van der Waals surface area (Å²) < 4.78 is 0. The Morgan fingerprint density at radius 3 is 2.84 bits per heavy atom. The van der Waals surface area contributed by atoms with E-state index in [1.54, 1.807) is 0 Å². The Hall–Kier alpha value is -1.14. The molecule has 0 spiro atoms. The predicted octanol–water partition coefficient (Wildman–Crippen LogP) is -0.996. The van der Waals surface area contributed by atoms with E-state index in [-0.39, 0.29) is 17.9 Å². The number of primary amides is 1. The van der Waals surface area contributed by atoms with Gasteiger partial charge in [-0.1, -0.05) is 6.92 Å². The number of hydrogen-bond donors (Lipinski definition) is 2. The van der Waals surface area contributed by atoms with Crippen LogP contribution in [0.4, 0.5) is 0 Å². The molecule has 0 saturated carbocycles. The molecule has 2 rings (SSSR count). The predicted molar refractivity (Wildman–Crippen MR) is 72.4 cm³/mol. The summed E-state index contributed by atoms with van der Waals surface area (Å²) in [6, 6.07) is -0.361. The summed E-state index contributed by atoms with van der Waals surface area (Å²) in [7, 11) is 0. The maximum Gasteiger partial charge on any atom is 0.236 e. The zero-order valence-electron chi connectivity index (χ0n) is 11.6. The van der Waals surface area contributed by atoms with Crippen molar-refractivity contribution in [1.29, 1.82) is 0 Å². The molecule has 2 aliphatic rings. The summed E-state index contributed by atoms with van der Waals surface area (Å²) in [6.45, 7) is 6.20. The maximum atomic E-state index is 12.3. The second-order valence-electron chi connectivity index (χ2n) is 5.68. The minimum absolute atomic E-state index is 0.125. The smallest absolute Gasteiger partial charge is 0.236 e. The van der Waals surface area contributed by atoms with Crippen LogP contribution in [0.1, 0.15) is 19.8 Å². The van der Waals surface area contributed by atoms with Crippen molar-refractivity contribution < 1.29 is 9.59 Å². The molecule has 19 heavy (non-hydrogen) atoms. The summed E-state index contributed by atoms with van der Waals surface area (Å²) in [5, 5.41) is 3.14. The lowest BCUT2D eigenvalue weighted by molar-refractivity contribution is -0.136. The summed E-state index contributed by atoms with van der Waals surface area (Å²) in [6.07, 6.45) is 2.27. The van der Waals surface area contributed by atoms with Crippen LogP contribution >= 0.6 is 0 Å². The van der Waals surface area contributed by atoms with Crippen molar-refractivity contribution in [2.45, 2.75) is 25.8 Å². The molecule has 2 atom stereocenters. The van der Waals surface area contributed by atoms with Crippen molar-refractivity contribution in [3.8, 4) is 0 Å². The average molecular weight is 268 g/mol. The third kappa shape index (κ3) is 3.67. The molecule has 3 N–H and O–H groups in total. The molecule has 2 fully saturated rings. The molecule has 2 amide bonds. The number of carbonyl (C=O) groups is 2. The molecule has 0 bridgehead atoms. The quantitative estimate of drug-likeness (QED) is 0.688. The second kappa shape index (κ2) is 6.34. The number of nitrogens with two attached hydrogens (primary N) is 1. The number of rotatable bonds is 3. The highest BCUT2D eigenvalue weighted by molar-refractivity contribution is 5.83. The third-order valence-corrected chi connectivity index (χ3v) is 4.03. The first-order valence-corrected chi connectivity index (χ1v) is 7.10. The molecule has 0 aromatic carbocycles. The van der Waals surface area contributed by atoms with E-state index in [1.165, 1.54) is 6.42 Å². The first kappa shape index (κ1) is 14.3. The molecule has 6 nitrogen and oxygen atoms in total. The number of amides is 2. The van der Waals surface area contributed by atoms with Crippen molar-refractivity contribution in [3.05, 3.63) is 0 Å². The number of hydrogen-bond acceptors (Lipinski definition) is 4. The Morgan fingerprint density at radius 1 is 1.37 bits per heavy atom. The van der Waals surface area contributed by atoms with Crippen LogP contribution in [0, 0.1) is 5.92 Å². The molecule has 0 radical (unpaired) electrons. The SMILES string of the molecule is CC1CCCN(C(=O)CN2CCNCC2C(N)=O)C1. The molecule has 2 saturated heterocycles. The van der Waals surface area contributed by atoms with Gasteiger partial charge in [-0.25, -0.2) is 0 Å². The zero-order chi connectivity index (χ0) is 13.8. The average Bonchev–Trinajstić information content (AvgIpc) is 2.39. The Bertz CT molecular complexity index is 348. The maximum absolute atomic E-state index is 12.3. The van der Waals surface area contributed by atoms with Crippen LogP contribution in [0.5, 0.6) is 0 Å². The van der Waals surface area contributed by atoms with Crippen LogP contribution in [0.2, 0.25) is 0 Å². The third-order valence-electron chi connectivity index (χ3n) is 4.03. The lowest BCUT2D eigenvalue weighted by Crippen LogP contribution is -2.59. The number of carbonyl (C=O) groups excluding carboxylic acids is 2. The number of piperidine rings is 1. The topological polar surface area (TPSA) is 78.7 Å². The molecule has 6 heteroatoms. The van der Waals surface area contributed by atoms with E-state index >= 15 is 0 Å². The normalized spacial score (nSPS) is 29.2. The number of nitrogens with one attached hydrogen (secondary N) is 1. The zero-order valence-corrected chi connectivity index (χ0v) is 11.6. The Morgan fingerprint density at radius 2 is 2.16 bits per heavy atom. The van der Waals surface area contributed by atoms with Crippen molar-refractivity contribution >= 4 is 11.8 Å². The highest BCUT2D eigenvalue weighted by Gasteiger charge is 2.30. The van der Waals surface area contributed by atoms with Gasteiger partial charge < -0.3 is 16.0 Å². The van der Waals surface area contributed by atoms with Crippen molar-refractivity contribution in [2.75, 3.05) is 39.3 Å². The molecular formula is C13H24N4O2. The highest BCUT2D eigenvalue weighted by Crippen LogP contribution is 2.16. The first-order valence-electron chi connectivity index (χ1n) is 7.10. The Labute approximate surface area is 114 Å². The lowest BCUT2D eigenvalue weighted by Gasteiger charge is -2.37. The highest BCUT2D eigenvalue weighted by atomic mass is 16.2. The standard InChI is InChI=1S/C13H24N4O2/c1-10-3-2-5-17(8-10)12(18)9-16-6-4-15-7-11(16)13(14)19/h10-11,15H,2-9H2,1H3,(H2,14,19). The summed E-state index contributed by atoms with van der Waals surface area (Å²) in [5.41, 5.74) is 5.39. The van der Waals surface area contributed by atoms with Gasteiger partial charge in [-0.05, 0) is 18.8 Å². The van der Waals surface area contributed by atoms with Crippen molar-refractivity contribution in [1.82, 2.24) is 15.1 Å². The Kier molecular flexibility index (Phi) is 4.76. The van der Waals surface area contributed by atoms with Gasteiger partial charge in [0.2, 0.25) is 11.8 Å². The molecule has 108 valence electrons. The minimum Gasteiger partial charge on any atom is -0.368 e. The van der Waals surface area contributed by atoms with Gasteiger partial charge in [-0.2, -0.15) is 0 Å². The van der Waals surface area contributed by atoms with Gasteiger partial charge in [0, 0.05) is 32.7 Å². The lowest BCUT2D eigenvalue weighted by atomic mass is 10.0. The monoisotopic (exact) mass is 268 g/mol. The van der Waals surface area contributed by atoms with Gasteiger partial charge in [0.25, 0.3) is 0 Å². The summed E-state index contributed by atoms with van der Waals surface area (Å²) >= 11 is 0. The van der Waals surface area contributed by atoms with Crippen LogP contribution < -0.4 is 11.1 Å². The van der Waals surface area contributed by atoms with Crippen LogP contribution in [-0.2, 0) is 9.59 Å². The fourth-order valence-electron chi connectivity index (χ4n) is 2.91. The molecule has 2 aliphatic heterocycles. The van der Waals surface area contributed by atoms with Crippen LogP contribution in [0.3, 0.4) is 0 Å². The molecule has 2 unspecified atom stereocenters. The molecule has 0 aliphatic carbocycles. The van der Waals surface area contributed by atoms with E-state index in [1.807, 2.05) is 9.80 Å². The largest absolute Gasteiger partial charge is 0.368 e. The summed E-state index contributed by atoms with van der Waals surface area (Å²) in [4.78, 5) is 27.5. The van der Waals surface area contributed by atoms with Gasteiger partial charge in [-0.15, -0.1) is 0 Å². The number of nitrogens with zero attached hydrogens (tertiary/aromatic N) is 2. The van der Waals surface area contributed by atoms with Crippen molar-refractivity contribution in [2.24, 2.45) is 11.7 Å². The van der Waals surface area contributed by atoms with Crippen LogP contribution in [0.15, 0.2) is 0 Å². The van der Waals surface area contributed by atoms with E-state index < -0.39 is 0 Å². The van der Waals surface area contributed by atoms with E-state index in [0.717, 1.165) is 26.1 Å². The Balaban J connectivity index is 1.91. The van der Waals surface area contributed by atoms with Gasteiger partial charge in [-0.3, -0.25) is 14.5 Å². The van der Waals surface area contributed by atoms with Crippen molar-refractivity contribution in [3.63, 3.8) is 0 Å². The fourth-order valence-corrected chi connectivity index (χ4v) is 2.91. The van der Waals surface area contributed by atoms with Gasteiger partial charge in [0.1, 0.15) is 6.04 Å². The van der Waals surface area contributed by atoms with Gasteiger partial charge in [0.15, 0.2) is 0 Å². The first-order chi connectivity index (χ1) is 9.08. The number of piperazine rings is 1. The van der Waals surface area contributed by atoms with Crippen LogP contribution in [-0.4, -0.2) is 66.9 Å². The van der Waals surface area contributed by atoms with E-state index in [2.05, 4.69) is 12.2 Å². The van der Waals surface area contributed by atoms with Gasteiger partial charge in [0.05, 0.1) is 6.54 Å². The van der Waals surface area contributed by atoms with E-state index in [9.17, 15) is 9.59 Å². The number of likely N-dealkylation sites (tertiary alicyclic amines) is 1. The fraction of sp³-hybridized carbons (Fsp3) is 0.846. The summed E-state index contributed by atoms with van der Waals surface area (Å²) in [5.74, 6) is 0.347. The van der Waals surface area contributed by atoms with Gasteiger partial charge >= 0.3 is 0 Å². The molecule has 0 aromatic rings. The minimum atomic E-state index is -0.361. The molecule has 2 heterocycles.